The normalized spacial score (nSPS) is 11.3. The van der Waals surface area contributed by atoms with Gasteiger partial charge in [-0.3, -0.25) is 0 Å². The predicted molar refractivity (Wildman–Crippen MR) is 79.2 cm³/mol. The molecule has 0 saturated heterocycles. The van der Waals surface area contributed by atoms with Gasteiger partial charge in [-0.2, -0.15) is 0 Å². The molecule has 0 fully saturated rings. The summed E-state index contributed by atoms with van der Waals surface area (Å²) in [5, 5.41) is 0. The Morgan fingerprint density at radius 1 is 0.800 bits per heavy atom. The van der Waals surface area contributed by atoms with Crippen LogP contribution in [0.1, 0.15) is 53.4 Å². The lowest BCUT2D eigenvalue weighted by Crippen LogP contribution is -2.07. The summed E-state index contributed by atoms with van der Waals surface area (Å²) in [5.74, 6) is 0.218. The van der Waals surface area contributed by atoms with Crippen LogP contribution in [0, 0.1) is 11.8 Å². The molecule has 0 bridgehead atoms. The molecule has 0 unspecified atom stereocenters. The standard InChI is InChI=1S/C16H28O4/c1-13(2)7-5-11-19-15(17)9-10-16(18)20-12-6-8-14(3)4/h9-10,13-14H,5-8,11-12H2,1-4H3. The maximum Gasteiger partial charge on any atom is 0.331 e. The first-order valence-electron chi connectivity index (χ1n) is 7.43. The zero-order valence-corrected chi connectivity index (χ0v) is 13.2. The van der Waals surface area contributed by atoms with Gasteiger partial charge in [0.1, 0.15) is 0 Å². The van der Waals surface area contributed by atoms with Gasteiger partial charge in [0.2, 0.25) is 0 Å². The van der Waals surface area contributed by atoms with Gasteiger partial charge in [-0.1, -0.05) is 27.7 Å². The summed E-state index contributed by atoms with van der Waals surface area (Å²) in [5.41, 5.74) is 0. The molecule has 116 valence electrons. The van der Waals surface area contributed by atoms with E-state index >= 15 is 0 Å². The highest BCUT2D eigenvalue weighted by Gasteiger charge is 2.02. The van der Waals surface area contributed by atoms with Gasteiger partial charge in [0, 0.05) is 12.2 Å². The fraction of sp³-hybridized carbons (Fsp3) is 0.750. The molecule has 0 aliphatic rings. The van der Waals surface area contributed by atoms with Crippen molar-refractivity contribution in [2.75, 3.05) is 13.2 Å². The largest absolute Gasteiger partial charge is 0.463 e. The van der Waals surface area contributed by atoms with E-state index in [-0.39, 0.29) is 0 Å². The summed E-state index contributed by atoms with van der Waals surface area (Å²) in [6.07, 6.45) is 5.98. The molecule has 4 heteroatoms. The van der Waals surface area contributed by atoms with E-state index in [0.717, 1.165) is 37.8 Å². The topological polar surface area (TPSA) is 52.6 Å². The number of rotatable bonds is 10. The van der Waals surface area contributed by atoms with Crippen LogP contribution in [0.15, 0.2) is 12.2 Å². The Morgan fingerprint density at radius 2 is 1.15 bits per heavy atom. The smallest absolute Gasteiger partial charge is 0.331 e. The zero-order chi connectivity index (χ0) is 15.4. The van der Waals surface area contributed by atoms with Gasteiger partial charge >= 0.3 is 11.9 Å². The van der Waals surface area contributed by atoms with Crippen molar-refractivity contribution < 1.29 is 19.1 Å². The Hall–Kier alpha value is -1.32. The molecule has 20 heavy (non-hydrogen) atoms. The summed E-state index contributed by atoms with van der Waals surface area (Å²) >= 11 is 0. The Kier molecular flexibility index (Phi) is 10.7. The van der Waals surface area contributed by atoms with Gasteiger partial charge in [0.25, 0.3) is 0 Å². The van der Waals surface area contributed by atoms with E-state index in [0.29, 0.717) is 25.0 Å². The van der Waals surface area contributed by atoms with E-state index in [1.807, 2.05) is 0 Å². The molecule has 0 aliphatic carbocycles. The number of carbonyl (C=O) groups is 2. The number of carbonyl (C=O) groups excluding carboxylic acids is 2. The molecule has 0 aliphatic heterocycles. The summed E-state index contributed by atoms with van der Waals surface area (Å²) < 4.78 is 9.93. The van der Waals surface area contributed by atoms with Crippen molar-refractivity contribution in [3.05, 3.63) is 12.2 Å². The van der Waals surface area contributed by atoms with Crippen LogP contribution >= 0.6 is 0 Å². The van der Waals surface area contributed by atoms with E-state index < -0.39 is 11.9 Å². The van der Waals surface area contributed by atoms with Crippen LogP contribution in [0.3, 0.4) is 0 Å². The monoisotopic (exact) mass is 284 g/mol. The van der Waals surface area contributed by atoms with Crippen LogP contribution in [0.4, 0.5) is 0 Å². The molecule has 0 spiro atoms. The van der Waals surface area contributed by atoms with Crippen LogP contribution in [0.5, 0.6) is 0 Å². The van der Waals surface area contributed by atoms with E-state index in [1.54, 1.807) is 0 Å². The third kappa shape index (κ3) is 13.1. The molecule has 4 nitrogen and oxygen atoms in total. The molecule has 0 amide bonds. The number of ether oxygens (including phenoxy) is 2. The second-order valence-corrected chi connectivity index (χ2v) is 5.74. The van der Waals surface area contributed by atoms with Crippen LogP contribution in [-0.4, -0.2) is 25.2 Å². The van der Waals surface area contributed by atoms with Crippen molar-refractivity contribution in [3.8, 4) is 0 Å². The highest BCUT2D eigenvalue weighted by molar-refractivity contribution is 5.91. The number of hydrogen-bond donors (Lipinski definition) is 0. The molecule has 0 aromatic rings. The van der Waals surface area contributed by atoms with Crippen molar-refractivity contribution in [2.24, 2.45) is 11.8 Å². The summed E-state index contributed by atoms with van der Waals surface area (Å²) in [7, 11) is 0. The molecule has 0 heterocycles. The minimum atomic E-state index is -0.493. The van der Waals surface area contributed by atoms with Gasteiger partial charge in [0.15, 0.2) is 0 Å². The first-order valence-corrected chi connectivity index (χ1v) is 7.43. The third-order valence-electron chi connectivity index (χ3n) is 2.70. The zero-order valence-electron chi connectivity index (χ0n) is 13.2. The average molecular weight is 284 g/mol. The van der Waals surface area contributed by atoms with Crippen molar-refractivity contribution in [3.63, 3.8) is 0 Å². The molecule has 0 atom stereocenters. The molecule has 0 aromatic heterocycles. The van der Waals surface area contributed by atoms with Gasteiger partial charge in [0.05, 0.1) is 13.2 Å². The first kappa shape index (κ1) is 18.7. The molecule has 0 saturated carbocycles. The molecule has 0 rings (SSSR count). The summed E-state index contributed by atoms with van der Waals surface area (Å²) in [4.78, 5) is 22.6. The molecular weight excluding hydrogens is 256 g/mol. The van der Waals surface area contributed by atoms with Crippen molar-refractivity contribution in [2.45, 2.75) is 53.4 Å². The predicted octanol–water partition coefficient (Wildman–Crippen LogP) is 3.50. The SMILES string of the molecule is CC(C)CCCOC(=O)C=CC(=O)OCCCC(C)C. The summed E-state index contributed by atoms with van der Waals surface area (Å²) in [6, 6.07) is 0. The van der Waals surface area contributed by atoms with Crippen LogP contribution in [-0.2, 0) is 19.1 Å². The van der Waals surface area contributed by atoms with E-state index in [2.05, 4.69) is 27.7 Å². The van der Waals surface area contributed by atoms with Gasteiger partial charge in [-0.25, -0.2) is 9.59 Å². The van der Waals surface area contributed by atoms with Gasteiger partial charge < -0.3 is 9.47 Å². The quantitative estimate of drug-likeness (QED) is 0.350. The lowest BCUT2D eigenvalue weighted by molar-refractivity contribution is -0.140. The minimum absolute atomic E-state index is 0.394. The highest BCUT2D eigenvalue weighted by Crippen LogP contribution is 2.04. The molecule has 0 aromatic carbocycles. The highest BCUT2D eigenvalue weighted by atomic mass is 16.5. The van der Waals surface area contributed by atoms with Crippen molar-refractivity contribution in [1.82, 2.24) is 0 Å². The van der Waals surface area contributed by atoms with Crippen molar-refractivity contribution in [1.29, 1.82) is 0 Å². The van der Waals surface area contributed by atoms with Crippen LogP contribution < -0.4 is 0 Å². The second-order valence-electron chi connectivity index (χ2n) is 5.74. The number of hydrogen-bond acceptors (Lipinski definition) is 4. The van der Waals surface area contributed by atoms with E-state index in [4.69, 9.17) is 9.47 Å². The summed E-state index contributed by atoms with van der Waals surface area (Å²) in [6.45, 7) is 9.28. The van der Waals surface area contributed by atoms with E-state index in [9.17, 15) is 9.59 Å². The maximum absolute atomic E-state index is 11.3. The fourth-order valence-electron chi connectivity index (χ4n) is 1.56. The van der Waals surface area contributed by atoms with Gasteiger partial charge in [-0.05, 0) is 37.5 Å². The van der Waals surface area contributed by atoms with Gasteiger partial charge in [-0.15, -0.1) is 0 Å². The molecular formula is C16H28O4. The lowest BCUT2D eigenvalue weighted by atomic mass is 10.1. The Labute approximate surface area is 122 Å². The second kappa shape index (κ2) is 11.5. The number of esters is 2. The fourth-order valence-corrected chi connectivity index (χ4v) is 1.56. The molecule has 0 N–H and O–H groups in total. The van der Waals surface area contributed by atoms with E-state index in [1.165, 1.54) is 0 Å². The van der Waals surface area contributed by atoms with Crippen molar-refractivity contribution >= 4 is 11.9 Å². The van der Waals surface area contributed by atoms with Crippen LogP contribution in [0.2, 0.25) is 0 Å². The maximum atomic E-state index is 11.3. The lowest BCUT2D eigenvalue weighted by Gasteiger charge is -2.05. The Bertz CT molecular complexity index is 276. The first-order chi connectivity index (χ1) is 9.41. The molecule has 0 radical (unpaired) electrons. The third-order valence-corrected chi connectivity index (χ3v) is 2.70. The van der Waals surface area contributed by atoms with Crippen LogP contribution in [0.25, 0.3) is 0 Å². The average Bonchev–Trinajstić information content (AvgIpc) is 2.37. The minimum Gasteiger partial charge on any atom is -0.463 e. The Balaban J connectivity index is 3.64. The Morgan fingerprint density at radius 3 is 1.45 bits per heavy atom.